The van der Waals surface area contributed by atoms with Gasteiger partial charge < -0.3 is 9.47 Å². The maximum absolute atomic E-state index is 12.3. The van der Waals surface area contributed by atoms with Crippen LogP contribution < -0.4 is 0 Å². The van der Waals surface area contributed by atoms with Gasteiger partial charge in [-0.25, -0.2) is 0 Å². The van der Waals surface area contributed by atoms with Crippen molar-refractivity contribution in [1.82, 2.24) is 4.90 Å². The molecule has 1 heterocycles. The Morgan fingerprint density at radius 2 is 1.67 bits per heavy atom. The molecule has 0 aromatic carbocycles. The number of carbonyl (C=O) groups is 2. The van der Waals surface area contributed by atoms with Crippen LogP contribution in [0.5, 0.6) is 0 Å². The summed E-state index contributed by atoms with van der Waals surface area (Å²) in [4.78, 5) is 25.9. The molecule has 0 spiro atoms. The summed E-state index contributed by atoms with van der Waals surface area (Å²) < 4.78 is 10.1. The van der Waals surface area contributed by atoms with Crippen molar-refractivity contribution in [3.05, 3.63) is 12.2 Å². The molecule has 5 heteroatoms. The minimum Gasteiger partial charge on any atom is -0.354 e. The molecule has 3 aliphatic rings. The Kier molecular flexibility index (Phi) is 2.75. The lowest BCUT2D eigenvalue weighted by Gasteiger charge is -2.21. The van der Waals surface area contributed by atoms with Gasteiger partial charge in [0.15, 0.2) is 6.29 Å². The zero-order valence-corrected chi connectivity index (χ0v) is 10.5. The lowest BCUT2D eigenvalue weighted by molar-refractivity contribution is -0.153. The summed E-state index contributed by atoms with van der Waals surface area (Å²) in [5.74, 6) is 0.126. The number of amides is 2. The van der Waals surface area contributed by atoms with E-state index in [2.05, 4.69) is 12.2 Å². The van der Waals surface area contributed by atoms with Crippen LogP contribution in [-0.2, 0) is 19.1 Å². The van der Waals surface area contributed by atoms with E-state index >= 15 is 0 Å². The van der Waals surface area contributed by atoms with Gasteiger partial charge in [-0.15, -0.1) is 0 Å². The highest BCUT2D eigenvalue weighted by atomic mass is 16.7. The third-order valence-corrected chi connectivity index (χ3v) is 4.42. The van der Waals surface area contributed by atoms with E-state index in [1.807, 2.05) is 0 Å². The molecule has 1 saturated heterocycles. The number of imide groups is 1. The van der Waals surface area contributed by atoms with E-state index in [1.165, 1.54) is 19.1 Å². The van der Waals surface area contributed by atoms with Crippen LogP contribution in [0, 0.1) is 23.7 Å². The lowest BCUT2D eigenvalue weighted by Crippen LogP contribution is -2.40. The summed E-state index contributed by atoms with van der Waals surface area (Å²) in [6, 6.07) is 0. The summed E-state index contributed by atoms with van der Waals surface area (Å²) in [5.41, 5.74) is 0. The quantitative estimate of drug-likeness (QED) is 0.412. The number of hydrogen-bond acceptors (Lipinski definition) is 4. The van der Waals surface area contributed by atoms with Crippen molar-refractivity contribution in [3.63, 3.8) is 0 Å². The highest BCUT2D eigenvalue weighted by Crippen LogP contribution is 2.52. The molecule has 2 aliphatic carbocycles. The average Bonchev–Trinajstić information content (AvgIpc) is 3.03. The SMILES string of the molecule is COC(CN1C(=O)C2C3C=CC(C3)C2C1=O)OC. The number of methoxy groups -OCH3 is 2. The number of rotatable bonds is 4. The van der Waals surface area contributed by atoms with Crippen molar-refractivity contribution in [2.45, 2.75) is 12.7 Å². The van der Waals surface area contributed by atoms with Gasteiger partial charge in [0.1, 0.15) is 0 Å². The van der Waals surface area contributed by atoms with Gasteiger partial charge >= 0.3 is 0 Å². The van der Waals surface area contributed by atoms with Gasteiger partial charge in [0.2, 0.25) is 11.8 Å². The molecule has 2 bridgehead atoms. The predicted molar refractivity (Wildman–Crippen MR) is 62.2 cm³/mol. The number of carbonyl (C=O) groups excluding carboxylic acids is 2. The molecule has 4 unspecified atom stereocenters. The number of ether oxygens (including phenoxy) is 2. The molecule has 3 rings (SSSR count). The molecule has 1 saturated carbocycles. The summed E-state index contributed by atoms with van der Waals surface area (Å²) in [6.07, 6.45) is 4.59. The topological polar surface area (TPSA) is 55.8 Å². The highest BCUT2D eigenvalue weighted by Gasteiger charge is 2.59. The second-order valence-electron chi connectivity index (χ2n) is 5.19. The standard InChI is InChI=1S/C13H17NO4/c1-17-9(18-2)6-14-12(15)10-7-3-4-8(5-7)11(10)13(14)16/h3-4,7-11H,5-6H2,1-2H3. The number of allylic oxidation sites excluding steroid dienone is 2. The van der Waals surface area contributed by atoms with E-state index in [1.54, 1.807) is 0 Å². The highest BCUT2D eigenvalue weighted by molar-refractivity contribution is 6.06. The molecule has 0 aromatic heterocycles. The first-order chi connectivity index (χ1) is 8.67. The van der Waals surface area contributed by atoms with Crippen molar-refractivity contribution >= 4 is 11.8 Å². The van der Waals surface area contributed by atoms with Crippen molar-refractivity contribution in [1.29, 1.82) is 0 Å². The van der Waals surface area contributed by atoms with Gasteiger partial charge in [0.05, 0.1) is 18.4 Å². The van der Waals surface area contributed by atoms with E-state index in [0.29, 0.717) is 0 Å². The van der Waals surface area contributed by atoms with Crippen LogP contribution in [0.3, 0.4) is 0 Å². The fraction of sp³-hybridized carbons (Fsp3) is 0.692. The fourth-order valence-corrected chi connectivity index (χ4v) is 3.54. The largest absolute Gasteiger partial charge is 0.354 e. The zero-order chi connectivity index (χ0) is 12.9. The van der Waals surface area contributed by atoms with Gasteiger partial charge in [0, 0.05) is 14.2 Å². The van der Waals surface area contributed by atoms with Crippen LogP contribution in [0.4, 0.5) is 0 Å². The van der Waals surface area contributed by atoms with Crippen molar-refractivity contribution < 1.29 is 19.1 Å². The molecule has 98 valence electrons. The smallest absolute Gasteiger partial charge is 0.233 e. The van der Waals surface area contributed by atoms with E-state index in [-0.39, 0.29) is 42.0 Å². The van der Waals surface area contributed by atoms with E-state index in [0.717, 1.165) is 6.42 Å². The number of likely N-dealkylation sites (tertiary alicyclic amines) is 1. The molecule has 4 atom stereocenters. The van der Waals surface area contributed by atoms with Crippen LogP contribution in [0.2, 0.25) is 0 Å². The summed E-state index contributed by atoms with van der Waals surface area (Å²) in [6.45, 7) is 0.192. The molecule has 5 nitrogen and oxygen atoms in total. The van der Waals surface area contributed by atoms with Crippen molar-refractivity contribution in [2.24, 2.45) is 23.7 Å². The second kappa shape index (κ2) is 4.17. The van der Waals surface area contributed by atoms with Crippen LogP contribution in [0.15, 0.2) is 12.2 Å². The Morgan fingerprint density at radius 1 is 1.17 bits per heavy atom. The molecular weight excluding hydrogens is 234 g/mol. The van der Waals surface area contributed by atoms with Crippen LogP contribution in [-0.4, -0.2) is 43.8 Å². The Labute approximate surface area is 106 Å². The second-order valence-corrected chi connectivity index (χ2v) is 5.19. The molecule has 2 amide bonds. The van der Waals surface area contributed by atoms with Gasteiger partial charge in [-0.05, 0) is 18.3 Å². The molecule has 2 fully saturated rings. The Morgan fingerprint density at radius 3 is 2.11 bits per heavy atom. The first kappa shape index (κ1) is 11.9. The van der Waals surface area contributed by atoms with Crippen LogP contribution in [0.25, 0.3) is 0 Å². The Bertz CT molecular complexity index is 385. The summed E-state index contributed by atoms with van der Waals surface area (Å²) in [7, 11) is 3.01. The van der Waals surface area contributed by atoms with Gasteiger partial charge in [-0.3, -0.25) is 14.5 Å². The van der Waals surface area contributed by atoms with Crippen molar-refractivity contribution in [2.75, 3.05) is 20.8 Å². The van der Waals surface area contributed by atoms with Crippen LogP contribution >= 0.6 is 0 Å². The molecule has 0 aromatic rings. The Hall–Kier alpha value is -1.20. The number of nitrogens with zero attached hydrogens (tertiary/aromatic N) is 1. The summed E-state index contributed by atoms with van der Waals surface area (Å²) in [5, 5.41) is 0. The number of fused-ring (bicyclic) bond motifs is 5. The fourth-order valence-electron chi connectivity index (χ4n) is 3.54. The maximum Gasteiger partial charge on any atom is 0.233 e. The van der Waals surface area contributed by atoms with E-state index < -0.39 is 6.29 Å². The van der Waals surface area contributed by atoms with Gasteiger partial charge in [0.25, 0.3) is 0 Å². The normalized spacial score (nSPS) is 37.2. The van der Waals surface area contributed by atoms with E-state index in [9.17, 15) is 9.59 Å². The average molecular weight is 251 g/mol. The predicted octanol–water partition coefficient (Wildman–Crippen LogP) is 0.412. The first-order valence-electron chi connectivity index (χ1n) is 6.26. The Balaban J connectivity index is 1.79. The zero-order valence-electron chi connectivity index (χ0n) is 10.5. The van der Waals surface area contributed by atoms with Gasteiger partial charge in [-0.1, -0.05) is 12.2 Å². The molecule has 1 aliphatic heterocycles. The van der Waals surface area contributed by atoms with E-state index in [4.69, 9.17) is 9.47 Å². The summed E-state index contributed by atoms with van der Waals surface area (Å²) >= 11 is 0. The van der Waals surface area contributed by atoms with Crippen molar-refractivity contribution in [3.8, 4) is 0 Å². The molecular formula is C13H17NO4. The molecule has 0 N–H and O–H groups in total. The van der Waals surface area contributed by atoms with Crippen LogP contribution in [0.1, 0.15) is 6.42 Å². The molecule has 18 heavy (non-hydrogen) atoms. The third kappa shape index (κ3) is 1.47. The monoisotopic (exact) mass is 251 g/mol. The molecule has 0 radical (unpaired) electrons. The minimum absolute atomic E-state index is 0.0547. The number of hydrogen-bond donors (Lipinski definition) is 0. The maximum atomic E-state index is 12.3. The minimum atomic E-state index is -0.540. The third-order valence-electron chi connectivity index (χ3n) is 4.42. The first-order valence-corrected chi connectivity index (χ1v) is 6.26. The lowest BCUT2D eigenvalue weighted by atomic mass is 9.85. The van der Waals surface area contributed by atoms with Gasteiger partial charge in [-0.2, -0.15) is 0 Å².